The minimum atomic E-state index is -2.41. The van der Waals surface area contributed by atoms with Crippen molar-refractivity contribution in [1.29, 1.82) is 0 Å². The molecule has 18 heavy (non-hydrogen) atoms. The van der Waals surface area contributed by atoms with E-state index in [1.807, 2.05) is 34.8 Å². The summed E-state index contributed by atoms with van der Waals surface area (Å²) in [7, 11) is 24.0. The second-order valence-electron chi connectivity index (χ2n) is 4.50. The summed E-state index contributed by atoms with van der Waals surface area (Å²) in [6, 6.07) is 0. The predicted octanol–water partition coefficient (Wildman–Crippen LogP) is 6.82. The zero-order valence-electron chi connectivity index (χ0n) is 10.3. The normalized spacial score (nSPS) is 19.4. The molecule has 0 amide bonds. The molecule has 0 unspecified atom stereocenters. The van der Waals surface area contributed by atoms with E-state index in [0.717, 1.165) is 0 Å². The molecule has 0 saturated heterocycles. The van der Waals surface area contributed by atoms with Crippen LogP contribution in [0.4, 0.5) is 0 Å². The molecule has 6 heteroatoms. The van der Waals surface area contributed by atoms with Crippen LogP contribution in [-0.2, 0) is 28.9 Å². The Morgan fingerprint density at radius 1 is 0.611 bits per heavy atom. The summed E-state index contributed by atoms with van der Waals surface area (Å²) in [5.74, 6) is 0. The van der Waals surface area contributed by atoms with Crippen LogP contribution >= 0.6 is 37.2 Å². The molecule has 0 aromatic carbocycles. The first kappa shape index (κ1) is 17.6. The zero-order chi connectivity index (χ0) is 13.8. The van der Waals surface area contributed by atoms with Crippen molar-refractivity contribution < 1.29 is 28.9 Å². The van der Waals surface area contributed by atoms with Gasteiger partial charge >= 0.3 is 134 Å². The summed E-state index contributed by atoms with van der Waals surface area (Å²) in [5, 5.41) is 3.96. The molecular formula is C12H16Cl4Ti2. The maximum absolute atomic E-state index is 5.99. The van der Waals surface area contributed by atoms with Crippen molar-refractivity contribution in [1.82, 2.24) is 0 Å². The number of hydrogen-bond donors (Lipinski definition) is 0. The molecule has 0 aliphatic heterocycles. The van der Waals surface area contributed by atoms with Crippen molar-refractivity contribution in [2.75, 3.05) is 0 Å². The van der Waals surface area contributed by atoms with Crippen molar-refractivity contribution in [2.24, 2.45) is 0 Å². The summed E-state index contributed by atoms with van der Waals surface area (Å²) in [6.07, 6.45) is 16.3. The monoisotopic (exact) mass is 396 g/mol. The first-order chi connectivity index (χ1) is 8.21. The summed E-state index contributed by atoms with van der Waals surface area (Å²) in [5.41, 5.74) is 0. The Morgan fingerprint density at radius 3 is 0.944 bits per heavy atom. The third-order valence-corrected chi connectivity index (χ3v) is 11.7. The van der Waals surface area contributed by atoms with E-state index in [-0.39, 0.29) is 0 Å². The molecule has 2 aliphatic rings. The molecule has 0 atom stereocenters. The van der Waals surface area contributed by atoms with Gasteiger partial charge in [-0.05, 0) is 0 Å². The predicted molar refractivity (Wildman–Crippen MR) is 79.2 cm³/mol. The van der Waals surface area contributed by atoms with Gasteiger partial charge < -0.3 is 0 Å². The van der Waals surface area contributed by atoms with Gasteiger partial charge in [0, 0.05) is 0 Å². The van der Waals surface area contributed by atoms with Crippen LogP contribution in [0, 0.1) is 0 Å². The average Bonchev–Trinajstić information content (AvgIpc) is 2.91. The van der Waals surface area contributed by atoms with Crippen molar-refractivity contribution >= 4 is 37.2 Å². The SMILES string of the molecule is [CH3][Ti]([Cl])([Cl])[CH]1C=CC=C1.[CH3][Ti]([Cl])([Cl])[CH]1C=CC=C1. The Kier molecular flexibility index (Phi) is 7.36. The Bertz CT molecular complexity index is 324. The number of rotatable bonds is 2. The molecule has 0 N–H and O–H groups in total. The van der Waals surface area contributed by atoms with Crippen LogP contribution in [0.3, 0.4) is 0 Å². The first-order valence-corrected chi connectivity index (χ1v) is 19.2. The minimum absolute atomic E-state index is 0.369. The van der Waals surface area contributed by atoms with Gasteiger partial charge in [-0.3, -0.25) is 0 Å². The molecule has 0 aromatic rings. The van der Waals surface area contributed by atoms with Crippen LogP contribution in [0.1, 0.15) is 0 Å². The van der Waals surface area contributed by atoms with Gasteiger partial charge in [0.2, 0.25) is 0 Å². The van der Waals surface area contributed by atoms with Crippen LogP contribution < -0.4 is 0 Å². The molecule has 0 fully saturated rings. The van der Waals surface area contributed by atoms with Gasteiger partial charge in [0.25, 0.3) is 0 Å². The van der Waals surface area contributed by atoms with Gasteiger partial charge in [0.15, 0.2) is 0 Å². The standard InChI is InChI=1S/2C5H5.2CH3.4ClH.2Ti/c2*1-2-4-5-3-1;;;;;;;;/h2*1-5H;2*1H3;4*1H;;/q;;;;;;;;2*+2/p-4. The Labute approximate surface area is 132 Å². The van der Waals surface area contributed by atoms with E-state index in [1.165, 1.54) is 0 Å². The Hall–Kier alpha value is 1.55. The van der Waals surface area contributed by atoms with Crippen LogP contribution in [0.15, 0.2) is 48.6 Å². The third kappa shape index (κ3) is 6.33. The number of allylic oxidation sites excluding steroid dienone is 8. The summed E-state index contributed by atoms with van der Waals surface area (Å²) in [6.45, 7) is 0. The van der Waals surface area contributed by atoms with E-state index in [4.69, 9.17) is 37.2 Å². The molecule has 0 nitrogen and oxygen atoms in total. The van der Waals surface area contributed by atoms with Crippen LogP contribution in [-0.4, -0.2) is 0 Å². The Balaban J connectivity index is 0.000000180. The molecule has 0 spiro atoms. The molecule has 0 aromatic heterocycles. The fraction of sp³-hybridized carbons (Fsp3) is 0.333. The van der Waals surface area contributed by atoms with E-state index >= 15 is 0 Å². The van der Waals surface area contributed by atoms with Gasteiger partial charge in [-0.2, -0.15) is 0 Å². The molecular weight excluding hydrogens is 382 g/mol. The van der Waals surface area contributed by atoms with Crippen LogP contribution in [0.25, 0.3) is 0 Å². The summed E-state index contributed by atoms with van der Waals surface area (Å²) >= 11 is -4.82. The number of halogens is 4. The first-order valence-electron chi connectivity index (χ1n) is 5.67. The van der Waals surface area contributed by atoms with Crippen LogP contribution in [0.2, 0.25) is 18.9 Å². The maximum atomic E-state index is 5.99. The topological polar surface area (TPSA) is 0 Å². The van der Waals surface area contributed by atoms with E-state index < -0.39 is 28.9 Å². The van der Waals surface area contributed by atoms with E-state index in [2.05, 4.69) is 24.3 Å². The summed E-state index contributed by atoms with van der Waals surface area (Å²) < 4.78 is 0.738. The molecule has 0 bridgehead atoms. The molecule has 0 radical (unpaired) electrons. The average molecular weight is 398 g/mol. The van der Waals surface area contributed by atoms with Crippen molar-refractivity contribution in [3.05, 3.63) is 48.6 Å². The van der Waals surface area contributed by atoms with E-state index in [1.54, 1.807) is 0 Å². The molecule has 0 saturated carbocycles. The van der Waals surface area contributed by atoms with Crippen molar-refractivity contribution in [3.8, 4) is 0 Å². The van der Waals surface area contributed by atoms with Gasteiger partial charge in [0.05, 0.1) is 0 Å². The van der Waals surface area contributed by atoms with Crippen molar-refractivity contribution in [2.45, 2.75) is 18.9 Å². The molecule has 2 rings (SSSR count). The van der Waals surface area contributed by atoms with Gasteiger partial charge in [-0.15, -0.1) is 0 Å². The quantitative estimate of drug-likeness (QED) is 0.448. The number of hydrogen-bond acceptors (Lipinski definition) is 0. The third-order valence-electron chi connectivity index (χ3n) is 2.67. The molecule has 2 aliphatic carbocycles. The second kappa shape index (κ2) is 7.53. The van der Waals surface area contributed by atoms with Gasteiger partial charge in [0.1, 0.15) is 0 Å². The van der Waals surface area contributed by atoms with Crippen molar-refractivity contribution in [3.63, 3.8) is 0 Å². The summed E-state index contributed by atoms with van der Waals surface area (Å²) in [4.78, 5) is 0. The second-order valence-corrected chi connectivity index (χ2v) is 27.1. The molecule has 0 heterocycles. The zero-order valence-corrected chi connectivity index (χ0v) is 16.4. The van der Waals surface area contributed by atoms with E-state index in [9.17, 15) is 0 Å². The molecule has 100 valence electrons. The van der Waals surface area contributed by atoms with Crippen LogP contribution in [0.5, 0.6) is 0 Å². The fourth-order valence-corrected chi connectivity index (χ4v) is 6.74. The Morgan fingerprint density at radius 2 is 0.833 bits per heavy atom. The van der Waals surface area contributed by atoms with E-state index in [0.29, 0.717) is 8.45 Å². The van der Waals surface area contributed by atoms with Gasteiger partial charge in [-0.1, -0.05) is 0 Å². The fourth-order valence-electron chi connectivity index (χ4n) is 1.54. The van der Waals surface area contributed by atoms with Gasteiger partial charge in [-0.25, -0.2) is 0 Å².